The summed E-state index contributed by atoms with van der Waals surface area (Å²) in [7, 11) is -3.40. The Labute approximate surface area is 121 Å². The van der Waals surface area contributed by atoms with Crippen LogP contribution in [0, 0.1) is 0 Å². The van der Waals surface area contributed by atoms with E-state index in [1.54, 1.807) is 24.3 Å². The molecule has 1 atom stereocenters. The van der Waals surface area contributed by atoms with Gasteiger partial charge in [0.15, 0.2) is 0 Å². The van der Waals surface area contributed by atoms with Gasteiger partial charge in [0.2, 0.25) is 7.37 Å². The first kappa shape index (κ1) is 16.9. The first-order valence-corrected chi connectivity index (χ1v) is 8.27. The number of carbonyl (C=O) groups excluding carboxylic acids is 1. The third-order valence-electron chi connectivity index (χ3n) is 2.31. The van der Waals surface area contributed by atoms with E-state index in [1.807, 2.05) is 11.4 Å². The molecule has 0 aliphatic heterocycles. The summed E-state index contributed by atoms with van der Waals surface area (Å²) in [6.45, 7) is 1.09. The minimum atomic E-state index is -3.40. The summed E-state index contributed by atoms with van der Waals surface area (Å²) in [6, 6.07) is 8.87. The molecule has 0 radical (unpaired) electrons. The molecule has 0 heterocycles. The van der Waals surface area contributed by atoms with E-state index >= 15 is 0 Å². The highest BCUT2D eigenvalue weighted by Gasteiger charge is 2.15. The number of carboxylic acid groups (broad SMARTS) is 1. The number of carboxylic acids is 1. The van der Waals surface area contributed by atoms with Gasteiger partial charge in [-0.2, -0.15) is 0 Å². The lowest BCUT2D eigenvalue weighted by Crippen LogP contribution is -2.28. The van der Waals surface area contributed by atoms with Gasteiger partial charge in [-0.25, -0.2) is 9.59 Å². The summed E-state index contributed by atoms with van der Waals surface area (Å²) in [4.78, 5) is 31.5. The van der Waals surface area contributed by atoms with E-state index in [2.05, 4.69) is 0 Å². The van der Waals surface area contributed by atoms with Crippen molar-refractivity contribution in [3.8, 4) is 0 Å². The first-order chi connectivity index (χ1) is 9.78. The number of nitrogens with one attached hydrogen (secondary N) is 1. The Morgan fingerprint density at radius 2 is 1.95 bits per heavy atom. The molecule has 0 aromatic heterocycles. The Kier molecular flexibility index (Phi) is 6.14. The van der Waals surface area contributed by atoms with E-state index in [9.17, 15) is 14.2 Å². The Hall–Kier alpha value is -2.11. The number of allylic oxidation sites excluding steroid dienone is 1. The van der Waals surface area contributed by atoms with Crippen molar-refractivity contribution in [3.63, 3.8) is 0 Å². The minimum absolute atomic E-state index is 0.00809. The van der Waals surface area contributed by atoms with Crippen LogP contribution in [-0.2, 0) is 20.7 Å². The van der Waals surface area contributed by atoms with Gasteiger partial charge in [-0.15, -0.1) is 0 Å². The molecule has 0 fully saturated rings. The summed E-state index contributed by atoms with van der Waals surface area (Å²) in [5.74, 6) is -1.42. The number of amides is 1. The van der Waals surface area contributed by atoms with Gasteiger partial charge in [0.05, 0.1) is 0 Å². The second-order valence-electron chi connectivity index (χ2n) is 4.34. The molecule has 7 nitrogen and oxygen atoms in total. The lowest BCUT2D eigenvalue weighted by atomic mass is 10.2. The van der Waals surface area contributed by atoms with Gasteiger partial charge in [-0.1, -0.05) is 30.3 Å². The number of hydrogen-bond donors (Lipinski definition) is 3. The molecule has 0 aliphatic carbocycles. The predicted molar refractivity (Wildman–Crippen MR) is 76.1 cm³/mol. The standard InChI is InChI=1S/C13H16NO6P/c1-21(18,19)8-7-11(12(15)16)14-13(17)20-9-10-5-3-2-4-6-10/h2-7H,8-9H2,1H3,(H,14,17)(H,15,16)(H,18,19)/b11-7-. The van der Waals surface area contributed by atoms with Crippen molar-refractivity contribution >= 4 is 19.4 Å². The van der Waals surface area contributed by atoms with E-state index in [4.69, 9.17) is 14.7 Å². The van der Waals surface area contributed by atoms with Gasteiger partial charge < -0.3 is 14.7 Å². The molecular weight excluding hydrogens is 297 g/mol. The van der Waals surface area contributed by atoms with Crippen molar-refractivity contribution in [2.45, 2.75) is 6.61 Å². The van der Waals surface area contributed by atoms with E-state index < -0.39 is 25.1 Å². The molecular formula is C13H16NO6P. The maximum atomic E-state index is 11.5. The molecule has 1 aromatic carbocycles. The molecule has 0 saturated carbocycles. The van der Waals surface area contributed by atoms with Gasteiger partial charge in [0.1, 0.15) is 12.3 Å². The van der Waals surface area contributed by atoms with Crippen molar-refractivity contribution < 1.29 is 28.9 Å². The molecule has 0 aliphatic rings. The van der Waals surface area contributed by atoms with Gasteiger partial charge in [0, 0.05) is 12.8 Å². The van der Waals surface area contributed by atoms with Crippen LogP contribution in [0.1, 0.15) is 5.56 Å². The van der Waals surface area contributed by atoms with E-state index in [-0.39, 0.29) is 12.8 Å². The maximum Gasteiger partial charge on any atom is 0.412 e. The van der Waals surface area contributed by atoms with Gasteiger partial charge in [-0.3, -0.25) is 9.88 Å². The van der Waals surface area contributed by atoms with Crippen LogP contribution in [-0.4, -0.2) is 34.9 Å². The first-order valence-electron chi connectivity index (χ1n) is 5.98. The zero-order valence-corrected chi connectivity index (χ0v) is 12.2. The van der Waals surface area contributed by atoms with Crippen molar-refractivity contribution in [1.29, 1.82) is 0 Å². The van der Waals surface area contributed by atoms with Crippen LogP contribution in [0.15, 0.2) is 42.1 Å². The van der Waals surface area contributed by atoms with Crippen LogP contribution in [0.2, 0.25) is 0 Å². The minimum Gasteiger partial charge on any atom is -0.477 e. The largest absolute Gasteiger partial charge is 0.477 e. The van der Waals surface area contributed by atoms with Crippen LogP contribution < -0.4 is 5.32 Å². The van der Waals surface area contributed by atoms with Crippen molar-refractivity contribution in [2.24, 2.45) is 0 Å². The number of hydrogen-bond acceptors (Lipinski definition) is 4. The average Bonchev–Trinajstić information content (AvgIpc) is 2.41. The molecule has 21 heavy (non-hydrogen) atoms. The summed E-state index contributed by atoms with van der Waals surface area (Å²) < 4.78 is 16.0. The molecule has 1 unspecified atom stereocenters. The number of aliphatic carboxylic acids is 1. The van der Waals surface area contributed by atoms with Crippen molar-refractivity contribution in [1.82, 2.24) is 5.32 Å². The quantitative estimate of drug-likeness (QED) is 0.545. The monoisotopic (exact) mass is 313 g/mol. The van der Waals surface area contributed by atoms with Crippen LogP contribution >= 0.6 is 7.37 Å². The van der Waals surface area contributed by atoms with E-state index in [0.717, 1.165) is 18.3 Å². The number of alkyl carbamates (subject to hydrolysis) is 1. The Balaban J connectivity index is 2.57. The normalized spacial score (nSPS) is 14.1. The number of carbonyl (C=O) groups is 2. The SMILES string of the molecule is CP(=O)(O)C/C=C(\NC(=O)OCc1ccccc1)C(=O)O. The highest BCUT2D eigenvalue weighted by Crippen LogP contribution is 2.34. The van der Waals surface area contributed by atoms with Gasteiger partial charge in [0.25, 0.3) is 0 Å². The van der Waals surface area contributed by atoms with E-state index in [0.29, 0.717) is 0 Å². The third kappa shape index (κ3) is 7.29. The van der Waals surface area contributed by atoms with Gasteiger partial charge in [-0.05, 0) is 11.6 Å². The molecule has 1 rings (SSSR count). The zero-order chi connectivity index (χ0) is 15.9. The van der Waals surface area contributed by atoms with Crippen LogP contribution in [0.4, 0.5) is 4.79 Å². The second-order valence-corrected chi connectivity index (χ2v) is 6.81. The smallest absolute Gasteiger partial charge is 0.412 e. The fourth-order valence-electron chi connectivity index (χ4n) is 1.32. The molecule has 1 aromatic rings. The highest BCUT2D eigenvalue weighted by atomic mass is 31.2. The molecule has 0 bridgehead atoms. The van der Waals surface area contributed by atoms with Crippen molar-refractivity contribution in [3.05, 3.63) is 47.7 Å². The lowest BCUT2D eigenvalue weighted by Gasteiger charge is -2.08. The van der Waals surface area contributed by atoms with Crippen LogP contribution in [0.3, 0.4) is 0 Å². The third-order valence-corrected chi connectivity index (χ3v) is 3.17. The Morgan fingerprint density at radius 3 is 2.48 bits per heavy atom. The molecule has 8 heteroatoms. The number of benzene rings is 1. The number of rotatable bonds is 6. The average molecular weight is 313 g/mol. The van der Waals surface area contributed by atoms with Crippen LogP contribution in [0.25, 0.3) is 0 Å². The van der Waals surface area contributed by atoms with E-state index in [1.165, 1.54) is 0 Å². The maximum absolute atomic E-state index is 11.5. The molecule has 0 spiro atoms. The summed E-state index contributed by atoms with van der Waals surface area (Å²) in [5, 5.41) is 10.9. The summed E-state index contributed by atoms with van der Waals surface area (Å²) in [6.07, 6.45) is -0.322. The topological polar surface area (TPSA) is 113 Å². The lowest BCUT2D eigenvalue weighted by molar-refractivity contribution is -0.133. The molecule has 0 saturated heterocycles. The molecule has 114 valence electrons. The van der Waals surface area contributed by atoms with Crippen LogP contribution in [0.5, 0.6) is 0 Å². The number of ether oxygens (including phenoxy) is 1. The second kappa shape index (κ2) is 7.61. The van der Waals surface area contributed by atoms with Crippen molar-refractivity contribution in [2.75, 3.05) is 12.8 Å². The molecule has 1 amide bonds. The zero-order valence-electron chi connectivity index (χ0n) is 11.4. The fourth-order valence-corrected chi connectivity index (χ4v) is 1.84. The molecule has 3 N–H and O–H groups in total. The fraction of sp³-hybridized carbons (Fsp3) is 0.231. The summed E-state index contributed by atoms with van der Waals surface area (Å²) in [5.41, 5.74) is 0.256. The summed E-state index contributed by atoms with van der Waals surface area (Å²) >= 11 is 0. The van der Waals surface area contributed by atoms with Gasteiger partial charge >= 0.3 is 12.1 Å². The highest BCUT2D eigenvalue weighted by molar-refractivity contribution is 7.57. The Bertz CT molecular complexity index is 578. The Morgan fingerprint density at radius 1 is 1.33 bits per heavy atom. The predicted octanol–water partition coefficient (Wildman–Crippen LogP) is 1.78.